The van der Waals surface area contributed by atoms with E-state index in [1.807, 2.05) is 24.4 Å². The van der Waals surface area contributed by atoms with Crippen molar-refractivity contribution in [3.8, 4) is 0 Å². The van der Waals surface area contributed by atoms with E-state index in [1.165, 1.54) is 38.5 Å². The van der Waals surface area contributed by atoms with Crippen molar-refractivity contribution in [3.63, 3.8) is 0 Å². The Kier molecular flexibility index (Phi) is 6.18. The molecule has 4 heteroatoms. The molecule has 0 aliphatic carbocycles. The van der Waals surface area contributed by atoms with Crippen LogP contribution in [-0.2, 0) is 0 Å². The summed E-state index contributed by atoms with van der Waals surface area (Å²) < 4.78 is 2.87. The van der Waals surface area contributed by atoms with Gasteiger partial charge in [0.25, 0.3) is 0 Å². The van der Waals surface area contributed by atoms with Gasteiger partial charge in [0.2, 0.25) is 0 Å². The van der Waals surface area contributed by atoms with Gasteiger partial charge >= 0.3 is 0 Å². The SMILES string of the molecule is CCCCCCCCN(C)n1c(=S)ccc2cccnc21. The highest BCUT2D eigenvalue weighted by Gasteiger charge is 2.06. The summed E-state index contributed by atoms with van der Waals surface area (Å²) in [5.41, 5.74) is 0.943. The molecule has 0 spiro atoms. The summed E-state index contributed by atoms with van der Waals surface area (Å²) in [5, 5.41) is 3.32. The molecule has 0 radical (unpaired) electrons. The van der Waals surface area contributed by atoms with Gasteiger partial charge in [-0.15, -0.1) is 0 Å². The lowest BCUT2D eigenvalue weighted by molar-refractivity contribution is 0.567. The first kappa shape index (κ1) is 16.0. The van der Waals surface area contributed by atoms with E-state index in [1.54, 1.807) is 0 Å². The minimum absolute atomic E-state index is 0.815. The third-order valence-corrected chi connectivity index (χ3v) is 4.12. The number of unbranched alkanes of at least 4 members (excludes halogenated alkanes) is 5. The highest BCUT2D eigenvalue weighted by molar-refractivity contribution is 7.71. The van der Waals surface area contributed by atoms with Crippen molar-refractivity contribution >= 4 is 23.3 Å². The molecule has 0 amide bonds. The molecule has 21 heavy (non-hydrogen) atoms. The average Bonchev–Trinajstić information content (AvgIpc) is 2.50. The zero-order valence-electron chi connectivity index (χ0n) is 13.1. The number of nitrogens with zero attached hydrogens (tertiary/aromatic N) is 3. The van der Waals surface area contributed by atoms with E-state index in [-0.39, 0.29) is 0 Å². The largest absolute Gasteiger partial charge is 0.313 e. The zero-order chi connectivity index (χ0) is 15.1. The number of hydrogen-bond donors (Lipinski definition) is 0. The predicted octanol–water partition coefficient (Wildman–Crippen LogP) is 4.69. The van der Waals surface area contributed by atoms with Crippen LogP contribution in [0.25, 0.3) is 11.0 Å². The Balaban J connectivity index is 2.01. The van der Waals surface area contributed by atoms with Crippen molar-refractivity contribution in [3.05, 3.63) is 35.1 Å². The Morgan fingerprint density at radius 3 is 2.67 bits per heavy atom. The van der Waals surface area contributed by atoms with Gasteiger partial charge in [-0.25, -0.2) is 9.66 Å². The molecule has 0 bridgehead atoms. The second-order valence-electron chi connectivity index (χ2n) is 5.55. The van der Waals surface area contributed by atoms with Crippen molar-refractivity contribution in [2.75, 3.05) is 18.6 Å². The molecule has 0 saturated carbocycles. The van der Waals surface area contributed by atoms with E-state index in [9.17, 15) is 0 Å². The standard InChI is InChI=1S/C17H25N3S/c1-3-4-5-6-7-8-14-19(2)20-16(21)12-11-15-10-9-13-18-17(15)20/h9-13H,3-8,14H2,1-2H3. The van der Waals surface area contributed by atoms with Gasteiger partial charge in [-0.05, 0) is 30.7 Å². The van der Waals surface area contributed by atoms with Crippen LogP contribution in [-0.4, -0.2) is 23.3 Å². The summed E-state index contributed by atoms with van der Waals surface area (Å²) in [7, 11) is 2.09. The van der Waals surface area contributed by atoms with E-state index >= 15 is 0 Å². The molecular weight excluding hydrogens is 278 g/mol. The zero-order valence-corrected chi connectivity index (χ0v) is 13.9. The van der Waals surface area contributed by atoms with Crippen LogP contribution in [0.3, 0.4) is 0 Å². The first-order chi connectivity index (χ1) is 10.2. The van der Waals surface area contributed by atoms with E-state index in [0.717, 1.165) is 22.2 Å². The van der Waals surface area contributed by atoms with Crippen molar-refractivity contribution in [1.82, 2.24) is 9.66 Å². The second kappa shape index (κ2) is 8.13. The van der Waals surface area contributed by atoms with Crippen LogP contribution in [0.4, 0.5) is 0 Å². The molecule has 114 valence electrons. The van der Waals surface area contributed by atoms with Crippen LogP contribution in [0, 0.1) is 4.64 Å². The van der Waals surface area contributed by atoms with Gasteiger partial charge in [-0.2, -0.15) is 0 Å². The molecule has 2 rings (SSSR count). The minimum Gasteiger partial charge on any atom is -0.313 e. The van der Waals surface area contributed by atoms with E-state index in [4.69, 9.17) is 12.2 Å². The highest BCUT2D eigenvalue weighted by atomic mass is 32.1. The van der Waals surface area contributed by atoms with Gasteiger partial charge in [-0.3, -0.25) is 0 Å². The van der Waals surface area contributed by atoms with Crippen molar-refractivity contribution in [1.29, 1.82) is 0 Å². The van der Waals surface area contributed by atoms with Crippen LogP contribution in [0.5, 0.6) is 0 Å². The van der Waals surface area contributed by atoms with Gasteiger partial charge in [0.05, 0.1) is 0 Å². The minimum atomic E-state index is 0.815. The lowest BCUT2D eigenvalue weighted by Crippen LogP contribution is -2.32. The fourth-order valence-electron chi connectivity index (χ4n) is 2.60. The highest BCUT2D eigenvalue weighted by Crippen LogP contribution is 2.13. The summed E-state index contributed by atoms with van der Waals surface area (Å²) >= 11 is 5.47. The van der Waals surface area contributed by atoms with Crippen molar-refractivity contribution < 1.29 is 0 Å². The molecule has 2 heterocycles. The molecule has 0 atom stereocenters. The third kappa shape index (κ3) is 4.27. The summed E-state index contributed by atoms with van der Waals surface area (Å²) in [6, 6.07) is 8.06. The Hall–Kier alpha value is -1.42. The Bertz CT molecular complexity index is 621. The molecule has 0 saturated heterocycles. The Morgan fingerprint density at radius 2 is 1.86 bits per heavy atom. The molecule has 0 N–H and O–H groups in total. The van der Waals surface area contributed by atoms with E-state index in [2.05, 4.69) is 34.7 Å². The van der Waals surface area contributed by atoms with Gasteiger partial charge in [-0.1, -0.05) is 51.2 Å². The maximum Gasteiger partial charge on any atom is 0.159 e. The second-order valence-corrected chi connectivity index (χ2v) is 5.97. The number of hydrogen-bond acceptors (Lipinski definition) is 3. The molecule has 0 fully saturated rings. The summed E-state index contributed by atoms with van der Waals surface area (Å²) in [6.45, 7) is 3.26. The Morgan fingerprint density at radius 1 is 1.10 bits per heavy atom. The van der Waals surface area contributed by atoms with E-state index in [0.29, 0.717) is 0 Å². The first-order valence-electron chi connectivity index (χ1n) is 7.92. The lowest BCUT2D eigenvalue weighted by atomic mass is 10.1. The van der Waals surface area contributed by atoms with Crippen LogP contribution < -0.4 is 5.01 Å². The van der Waals surface area contributed by atoms with Crippen LogP contribution in [0.15, 0.2) is 30.5 Å². The van der Waals surface area contributed by atoms with Crippen molar-refractivity contribution in [2.24, 2.45) is 0 Å². The van der Waals surface area contributed by atoms with Gasteiger partial charge < -0.3 is 5.01 Å². The number of pyridine rings is 2. The number of rotatable bonds is 8. The topological polar surface area (TPSA) is 21.1 Å². The molecule has 2 aromatic heterocycles. The fourth-order valence-corrected chi connectivity index (χ4v) is 2.90. The van der Waals surface area contributed by atoms with Crippen LogP contribution in [0.2, 0.25) is 0 Å². The summed E-state index contributed by atoms with van der Waals surface area (Å²) in [4.78, 5) is 4.49. The van der Waals surface area contributed by atoms with Crippen LogP contribution in [0.1, 0.15) is 45.4 Å². The molecule has 0 aliphatic heterocycles. The maximum atomic E-state index is 5.47. The molecule has 0 aliphatic rings. The average molecular weight is 303 g/mol. The first-order valence-corrected chi connectivity index (χ1v) is 8.33. The molecule has 0 unspecified atom stereocenters. The molecule has 2 aromatic rings. The lowest BCUT2D eigenvalue weighted by Gasteiger charge is -2.23. The summed E-state index contributed by atoms with van der Waals surface area (Å²) in [5.74, 6) is 0. The van der Waals surface area contributed by atoms with Gasteiger partial charge in [0, 0.05) is 25.2 Å². The fraction of sp³-hybridized carbons (Fsp3) is 0.529. The van der Waals surface area contributed by atoms with E-state index < -0.39 is 0 Å². The number of aromatic nitrogens is 2. The molecular formula is C17H25N3S. The third-order valence-electron chi connectivity index (χ3n) is 3.81. The molecule has 3 nitrogen and oxygen atoms in total. The number of fused-ring (bicyclic) bond motifs is 1. The molecule has 0 aromatic carbocycles. The monoisotopic (exact) mass is 303 g/mol. The van der Waals surface area contributed by atoms with Gasteiger partial charge in [0.15, 0.2) is 5.65 Å². The normalized spacial score (nSPS) is 11.0. The van der Waals surface area contributed by atoms with Gasteiger partial charge in [0.1, 0.15) is 4.64 Å². The van der Waals surface area contributed by atoms with Crippen LogP contribution >= 0.6 is 12.2 Å². The smallest absolute Gasteiger partial charge is 0.159 e. The Labute approximate surface area is 132 Å². The van der Waals surface area contributed by atoms with Crippen molar-refractivity contribution in [2.45, 2.75) is 45.4 Å². The maximum absolute atomic E-state index is 5.47. The quantitative estimate of drug-likeness (QED) is 0.521. The summed E-state index contributed by atoms with van der Waals surface area (Å²) in [6.07, 6.45) is 9.66. The predicted molar refractivity (Wildman–Crippen MR) is 93.0 cm³/mol.